The molecule has 0 bridgehead atoms. The van der Waals surface area contributed by atoms with Gasteiger partial charge in [-0.1, -0.05) is 24.4 Å². The fourth-order valence-electron chi connectivity index (χ4n) is 2.07. The van der Waals surface area contributed by atoms with Crippen molar-refractivity contribution in [2.24, 2.45) is 5.92 Å². The molecule has 0 heterocycles. The van der Waals surface area contributed by atoms with E-state index >= 15 is 0 Å². The van der Waals surface area contributed by atoms with Crippen LogP contribution in [0.5, 0.6) is 0 Å². The van der Waals surface area contributed by atoms with Gasteiger partial charge in [-0.2, -0.15) is 0 Å². The molecular formula is C13H16ClNO4S. The minimum Gasteiger partial charge on any atom is -0.478 e. The summed E-state index contributed by atoms with van der Waals surface area (Å²) in [5.74, 6) is -0.570. The summed E-state index contributed by atoms with van der Waals surface area (Å²) in [7, 11) is -3.67. The van der Waals surface area contributed by atoms with Crippen LogP contribution in [0.1, 0.15) is 36.5 Å². The Balaban J connectivity index is 2.16. The first-order valence-electron chi connectivity index (χ1n) is 6.35. The monoisotopic (exact) mass is 317 g/mol. The quantitative estimate of drug-likeness (QED) is 0.844. The highest BCUT2D eigenvalue weighted by Gasteiger charge is 2.26. The van der Waals surface area contributed by atoms with E-state index in [4.69, 9.17) is 16.7 Å². The summed E-state index contributed by atoms with van der Waals surface area (Å²) in [6, 6.07) is 3.47. The Labute approximate surface area is 123 Å². The summed E-state index contributed by atoms with van der Waals surface area (Å²) in [5.41, 5.74) is -0.114. The van der Waals surface area contributed by atoms with Crippen molar-refractivity contribution in [2.75, 3.05) is 0 Å². The molecule has 1 saturated carbocycles. The molecule has 1 aromatic rings. The fourth-order valence-corrected chi connectivity index (χ4v) is 3.68. The van der Waals surface area contributed by atoms with Gasteiger partial charge in [0, 0.05) is 6.04 Å². The number of hydrogen-bond donors (Lipinski definition) is 2. The van der Waals surface area contributed by atoms with Crippen molar-refractivity contribution in [1.29, 1.82) is 0 Å². The second kappa shape index (κ2) is 5.71. The molecule has 2 rings (SSSR count). The lowest BCUT2D eigenvalue weighted by atomic mass is 10.2. The number of nitrogens with one attached hydrogen (secondary N) is 1. The number of carboxylic acid groups (broad SMARTS) is 1. The van der Waals surface area contributed by atoms with Crippen LogP contribution in [-0.4, -0.2) is 25.5 Å². The Hall–Kier alpha value is -1.11. The van der Waals surface area contributed by atoms with Crippen molar-refractivity contribution in [3.63, 3.8) is 0 Å². The second-order valence-electron chi connectivity index (χ2n) is 5.15. The van der Waals surface area contributed by atoms with Gasteiger partial charge < -0.3 is 5.11 Å². The molecule has 1 atom stereocenters. The maximum absolute atomic E-state index is 12.2. The number of carbonyl (C=O) groups is 1. The van der Waals surface area contributed by atoms with E-state index in [9.17, 15) is 13.2 Å². The van der Waals surface area contributed by atoms with E-state index in [2.05, 4.69) is 4.72 Å². The van der Waals surface area contributed by atoms with E-state index in [0.29, 0.717) is 5.92 Å². The van der Waals surface area contributed by atoms with Crippen LogP contribution in [0.15, 0.2) is 23.1 Å². The highest BCUT2D eigenvalue weighted by Crippen LogP contribution is 2.33. The van der Waals surface area contributed by atoms with Crippen molar-refractivity contribution in [2.45, 2.75) is 37.1 Å². The Morgan fingerprint density at radius 3 is 2.65 bits per heavy atom. The number of aromatic carboxylic acids is 1. The molecule has 5 nitrogen and oxygen atoms in total. The van der Waals surface area contributed by atoms with Crippen molar-refractivity contribution >= 4 is 27.6 Å². The molecule has 0 amide bonds. The first-order valence-corrected chi connectivity index (χ1v) is 8.21. The van der Waals surface area contributed by atoms with Crippen LogP contribution >= 0.6 is 11.6 Å². The highest BCUT2D eigenvalue weighted by atomic mass is 35.5. The average molecular weight is 318 g/mol. The van der Waals surface area contributed by atoms with Crippen LogP contribution in [-0.2, 0) is 10.0 Å². The largest absolute Gasteiger partial charge is 0.478 e. The summed E-state index contributed by atoms with van der Waals surface area (Å²) in [5, 5.41) is 8.77. The van der Waals surface area contributed by atoms with E-state index in [1.165, 1.54) is 12.1 Å². The molecule has 7 heteroatoms. The lowest BCUT2D eigenvalue weighted by Gasteiger charge is -2.14. The third-order valence-corrected chi connectivity index (χ3v) is 5.12. The minimum absolute atomic E-state index is 0.0184. The number of halogens is 1. The predicted molar refractivity (Wildman–Crippen MR) is 75.5 cm³/mol. The van der Waals surface area contributed by atoms with Gasteiger partial charge in [-0.15, -0.1) is 0 Å². The first-order chi connectivity index (χ1) is 9.29. The zero-order valence-corrected chi connectivity index (χ0v) is 12.5. The molecule has 2 N–H and O–H groups in total. The van der Waals surface area contributed by atoms with Gasteiger partial charge in [-0.25, -0.2) is 17.9 Å². The molecule has 110 valence electrons. The molecule has 1 aromatic carbocycles. The van der Waals surface area contributed by atoms with E-state index in [-0.39, 0.29) is 21.5 Å². The predicted octanol–water partition coefficient (Wildman–Crippen LogP) is 2.51. The number of rotatable bonds is 6. The van der Waals surface area contributed by atoms with Crippen LogP contribution in [0, 0.1) is 5.92 Å². The molecule has 0 aromatic heterocycles. The van der Waals surface area contributed by atoms with Crippen molar-refractivity contribution < 1.29 is 18.3 Å². The highest BCUT2D eigenvalue weighted by molar-refractivity contribution is 7.89. The maximum atomic E-state index is 12.2. The van der Waals surface area contributed by atoms with Crippen molar-refractivity contribution in [3.05, 3.63) is 28.8 Å². The van der Waals surface area contributed by atoms with Gasteiger partial charge in [-0.05, 0) is 37.5 Å². The average Bonchev–Trinajstić information content (AvgIpc) is 3.11. The lowest BCUT2D eigenvalue weighted by molar-refractivity contribution is 0.0697. The Bertz CT molecular complexity index is 625. The van der Waals surface area contributed by atoms with Crippen LogP contribution in [0.4, 0.5) is 0 Å². The zero-order valence-electron chi connectivity index (χ0n) is 11.0. The molecule has 0 saturated heterocycles. The number of benzene rings is 1. The minimum atomic E-state index is -3.67. The molecule has 1 aliphatic rings. The molecule has 0 radical (unpaired) electrons. The molecule has 1 aliphatic carbocycles. The summed E-state index contributed by atoms with van der Waals surface area (Å²) in [4.78, 5) is 10.8. The molecule has 0 spiro atoms. The zero-order chi connectivity index (χ0) is 14.9. The van der Waals surface area contributed by atoms with Crippen molar-refractivity contribution in [1.82, 2.24) is 4.72 Å². The van der Waals surface area contributed by atoms with Crippen LogP contribution < -0.4 is 4.72 Å². The number of carboxylic acids is 1. The summed E-state index contributed by atoms with van der Waals surface area (Å²) in [6.45, 7) is 1.82. The van der Waals surface area contributed by atoms with Gasteiger partial charge in [0.2, 0.25) is 10.0 Å². The topological polar surface area (TPSA) is 83.5 Å². The molecule has 20 heavy (non-hydrogen) atoms. The summed E-state index contributed by atoms with van der Waals surface area (Å²) < 4.78 is 26.9. The van der Waals surface area contributed by atoms with E-state index in [1.807, 2.05) is 6.92 Å². The molecule has 1 fully saturated rings. The molecular weight excluding hydrogens is 302 g/mol. The van der Waals surface area contributed by atoms with Crippen LogP contribution in [0.25, 0.3) is 0 Å². The van der Waals surface area contributed by atoms with Gasteiger partial charge in [0.15, 0.2) is 0 Å². The standard InChI is InChI=1S/C13H16ClNO4S/c1-8(6-9-2-3-9)15-20(18,19)10-4-5-11(13(16)17)12(14)7-10/h4-5,7-9,15H,2-3,6H2,1H3,(H,16,17). The Morgan fingerprint density at radius 1 is 1.50 bits per heavy atom. The Kier molecular flexibility index (Phi) is 4.36. The maximum Gasteiger partial charge on any atom is 0.337 e. The van der Waals surface area contributed by atoms with E-state index in [1.54, 1.807) is 0 Å². The normalized spacial score (nSPS) is 16.9. The smallest absolute Gasteiger partial charge is 0.337 e. The van der Waals surface area contributed by atoms with E-state index < -0.39 is 16.0 Å². The number of sulfonamides is 1. The second-order valence-corrected chi connectivity index (χ2v) is 7.27. The van der Waals surface area contributed by atoms with Crippen LogP contribution in [0.3, 0.4) is 0 Å². The van der Waals surface area contributed by atoms with Crippen molar-refractivity contribution in [3.8, 4) is 0 Å². The first kappa shape index (κ1) is 15.3. The Morgan fingerprint density at radius 2 is 2.15 bits per heavy atom. The third kappa shape index (κ3) is 3.71. The van der Waals surface area contributed by atoms with Gasteiger partial charge in [0.1, 0.15) is 0 Å². The van der Waals surface area contributed by atoms with Crippen LogP contribution in [0.2, 0.25) is 5.02 Å². The summed E-state index contributed by atoms with van der Waals surface area (Å²) in [6.07, 6.45) is 3.14. The molecule has 0 aliphatic heterocycles. The van der Waals surface area contributed by atoms with Gasteiger partial charge in [0.05, 0.1) is 15.5 Å². The lowest BCUT2D eigenvalue weighted by Crippen LogP contribution is -2.33. The SMILES string of the molecule is CC(CC1CC1)NS(=O)(=O)c1ccc(C(=O)O)c(Cl)c1. The van der Waals surface area contributed by atoms with E-state index in [0.717, 1.165) is 25.3 Å². The van der Waals surface area contributed by atoms with Gasteiger partial charge >= 0.3 is 5.97 Å². The fraction of sp³-hybridized carbons (Fsp3) is 0.462. The summed E-state index contributed by atoms with van der Waals surface area (Å²) >= 11 is 5.79. The van der Waals surface area contributed by atoms with Gasteiger partial charge in [-0.3, -0.25) is 0 Å². The number of hydrogen-bond acceptors (Lipinski definition) is 3. The third-order valence-electron chi connectivity index (χ3n) is 3.22. The molecule has 1 unspecified atom stereocenters. The van der Waals surface area contributed by atoms with Gasteiger partial charge in [0.25, 0.3) is 0 Å².